The molecule has 3 aromatic heterocycles. The van der Waals surface area contributed by atoms with Crippen LogP contribution in [0.2, 0.25) is 0 Å². The molecule has 1 N–H and O–H groups in total. The van der Waals surface area contributed by atoms with Crippen LogP contribution in [0.1, 0.15) is 41.0 Å². The van der Waals surface area contributed by atoms with Crippen molar-refractivity contribution in [1.29, 1.82) is 0 Å². The number of aromatic nitrogens is 6. The van der Waals surface area contributed by atoms with Gasteiger partial charge in [-0.1, -0.05) is 0 Å². The maximum absolute atomic E-state index is 13.6. The third-order valence-electron chi connectivity index (χ3n) is 6.18. The summed E-state index contributed by atoms with van der Waals surface area (Å²) in [6.45, 7) is 2.41. The average Bonchev–Trinajstić information content (AvgIpc) is 3.33. The van der Waals surface area contributed by atoms with Gasteiger partial charge in [0.05, 0.1) is 24.0 Å². The van der Waals surface area contributed by atoms with E-state index >= 15 is 0 Å². The number of amides is 1. The highest BCUT2D eigenvalue weighted by atomic mass is 19.4. The van der Waals surface area contributed by atoms with Crippen molar-refractivity contribution in [3.8, 4) is 5.69 Å². The number of hydrogen-bond donors (Lipinski definition) is 1. The molecule has 0 aromatic carbocycles. The van der Waals surface area contributed by atoms with Crippen molar-refractivity contribution in [3.63, 3.8) is 0 Å². The maximum atomic E-state index is 13.6. The Morgan fingerprint density at radius 3 is 2.52 bits per heavy atom. The van der Waals surface area contributed by atoms with Crippen LogP contribution in [0.3, 0.4) is 0 Å². The predicted molar refractivity (Wildman–Crippen MR) is 111 cm³/mol. The number of aryl methyl sites for hydroxylation is 1. The molecule has 172 valence electrons. The van der Waals surface area contributed by atoms with Crippen LogP contribution in [0.15, 0.2) is 36.9 Å². The Bertz CT molecular complexity index is 1150. The molecule has 1 amide bonds. The number of carbonyl (C=O) groups is 1. The maximum Gasteiger partial charge on any atom is 0.419 e. The van der Waals surface area contributed by atoms with Gasteiger partial charge in [0.25, 0.3) is 5.91 Å². The number of rotatable bonds is 4. The van der Waals surface area contributed by atoms with Crippen molar-refractivity contribution < 1.29 is 18.0 Å². The van der Waals surface area contributed by atoms with Crippen LogP contribution in [0.25, 0.3) is 5.69 Å². The third-order valence-corrected chi connectivity index (χ3v) is 6.18. The Morgan fingerprint density at radius 1 is 1.12 bits per heavy atom. The minimum Gasteiger partial charge on any atom is -0.349 e. The van der Waals surface area contributed by atoms with Crippen LogP contribution in [0.4, 0.5) is 19.1 Å². The summed E-state index contributed by atoms with van der Waals surface area (Å²) < 4.78 is 38.4. The number of halogens is 3. The van der Waals surface area contributed by atoms with Gasteiger partial charge in [-0.15, -0.1) is 4.80 Å². The fourth-order valence-corrected chi connectivity index (χ4v) is 4.64. The Labute approximate surface area is 187 Å². The summed E-state index contributed by atoms with van der Waals surface area (Å²) in [5, 5.41) is 11.4. The molecule has 3 unspecified atom stereocenters. The van der Waals surface area contributed by atoms with Crippen molar-refractivity contribution in [2.75, 3.05) is 11.9 Å². The van der Waals surface area contributed by atoms with E-state index < -0.39 is 11.7 Å². The van der Waals surface area contributed by atoms with Gasteiger partial charge in [-0.2, -0.15) is 23.4 Å². The minimum absolute atomic E-state index is 0.114. The molecule has 9 nitrogen and oxygen atoms in total. The van der Waals surface area contributed by atoms with E-state index in [2.05, 4.69) is 30.5 Å². The molecule has 1 saturated carbocycles. The molecule has 3 atom stereocenters. The number of fused-ring (bicyclic) bond motifs is 3. The van der Waals surface area contributed by atoms with E-state index in [0.29, 0.717) is 17.9 Å². The zero-order chi connectivity index (χ0) is 23.2. The van der Waals surface area contributed by atoms with E-state index in [1.807, 2.05) is 6.92 Å². The van der Waals surface area contributed by atoms with Gasteiger partial charge in [0.15, 0.2) is 5.69 Å². The lowest BCUT2D eigenvalue weighted by Gasteiger charge is -2.50. The van der Waals surface area contributed by atoms with Crippen LogP contribution in [0.5, 0.6) is 0 Å². The molecule has 0 radical (unpaired) electrons. The molecule has 12 heteroatoms. The predicted octanol–water partition coefficient (Wildman–Crippen LogP) is 2.88. The van der Waals surface area contributed by atoms with Crippen LogP contribution >= 0.6 is 0 Å². The molecule has 3 aromatic rings. The lowest BCUT2D eigenvalue weighted by Crippen LogP contribution is -2.60. The van der Waals surface area contributed by atoms with Gasteiger partial charge in [0.2, 0.25) is 5.95 Å². The molecule has 1 aliphatic carbocycles. The summed E-state index contributed by atoms with van der Waals surface area (Å²) in [5.74, 6) is 0.158. The van der Waals surface area contributed by atoms with E-state index in [1.165, 1.54) is 17.2 Å². The largest absolute Gasteiger partial charge is 0.419 e. The van der Waals surface area contributed by atoms with Crippen LogP contribution in [-0.4, -0.2) is 59.4 Å². The first-order valence-electron chi connectivity index (χ1n) is 10.6. The van der Waals surface area contributed by atoms with Gasteiger partial charge in [-0.05, 0) is 44.2 Å². The van der Waals surface area contributed by atoms with Gasteiger partial charge in [-0.3, -0.25) is 4.79 Å². The first kappa shape index (κ1) is 21.3. The molecule has 3 fully saturated rings. The van der Waals surface area contributed by atoms with Crippen molar-refractivity contribution in [2.24, 2.45) is 5.92 Å². The van der Waals surface area contributed by atoms with Crippen LogP contribution in [-0.2, 0) is 6.18 Å². The fraction of sp³-hybridized carbons (Fsp3) is 0.429. The van der Waals surface area contributed by atoms with Gasteiger partial charge in [-0.25, -0.2) is 15.0 Å². The Morgan fingerprint density at radius 2 is 1.85 bits per heavy atom. The monoisotopic (exact) mass is 458 g/mol. The second-order valence-corrected chi connectivity index (χ2v) is 8.39. The molecule has 6 rings (SSSR count). The van der Waals surface area contributed by atoms with E-state index in [0.717, 1.165) is 31.7 Å². The lowest BCUT2D eigenvalue weighted by atomic mass is 9.76. The number of anilines is 1. The van der Waals surface area contributed by atoms with Crippen molar-refractivity contribution in [2.45, 2.75) is 44.4 Å². The van der Waals surface area contributed by atoms with Crippen molar-refractivity contribution in [3.05, 3.63) is 53.9 Å². The van der Waals surface area contributed by atoms with Crippen LogP contribution in [0, 0.1) is 12.8 Å². The Kier molecular flexibility index (Phi) is 5.22. The quantitative estimate of drug-likeness (QED) is 0.642. The summed E-state index contributed by atoms with van der Waals surface area (Å²) in [6, 6.07) is 3.23. The summed E-state index contributed by atoms with van der Waals surface area (Å²) in [6.07, 6.45) is 2.63. The minimum atomic E-state index is -4.49. The topological polar surface area (TPSA) is 102 Å². The molecule has 2 saturated heterocycles. The molecule has 3 aliphatic rings. The normalized spacial score (nSPS) is 22.4. The SMILES string of the molecule is Cc1ccc(-n2nccn2)c(C(=O)N2CC3CCC2C(Nc2ncc(C(F)(F)F)cn2)C3)n1. The van der Waals surface area contributed by atoms with Crippen molar-refractivity contribution in [1.82, 2.24) is 34.8 Å². The molecular weight excluding hydrogens is 437 g/mol. The lowest BCUT2D eigenvalue weighted by molar-refractivity contribution is -0.138. The van der Waals surface area contributed by atoms with Crippen LogP contribution < -0.4 is 5.32 Å². The highest BCUT2D eigenvalue weighted by Gasteiger charge is 2.44. The average molecular weight is 458 g/mol. The second-order valence-electron chi connectivity index (χ2n) is 8.39. The van der Waals surface area contributed by atoms with Gasteiger partial charge in [0.1, 0.15) is 5.69 Å². The number of piperidine rings is 2. The molecule has 2 aliphatic heterocycles. The zero-order valence-corrected chi connectivity index (χ0v) is 17.7. The van der Waals surface area contributed by atoms with E-state index in [9.17, 15) is 18.0 Å². The fourth-order valence-electron chi connectivity index (χ4n) is 4.64. The molecule has 33 heavy (non-hydrogen) atoms. The highest BCUT2D eigenvalue weighted by Crippen LogP contribution is 2.37. The molecule has 0 spiro atoms. The third kappa shape index (κ3) is 4.12. The summed E-state index contributed by atoms with van der Waals surface area (Å²) in [5.41, 5.74) is 0.556. The summed E-state index contributed by atoms with van der Waals surface area (Å²) in [7, 11) is 0. The number of nitrogens with one attached hydrogen (secondary N) is 1. The summed E-state index contributed by atoms with van der Waals surface area (Å²) >= 11 is 0. The number of carbonyl (C=O) groups excluding carboxylic acids is 1. The Balaban J connectivity index is 1.39. The number of pyridine rings is 1. The van der Waals surface area contributed by atoms with E-state index in [4.69, 9.17) is 0 Å². The highest BCUT2D eigenvalue weighted by molar-refractivity contribution is 5.96. The number of nitrogens with zero attached hydrogens (tertiary/aromatic N) is 7. The molecular formula is C21H21F3N8O. The standard InChI is InChI=1S/C21H21F3N8O/c1-12-2-4-17(32-27-6-7-28-32)18(29-12)19(33)31-11-13-3-5-16(31)15(8-13)30-20-25-9-14(10-26-20)21(22,23)24/h2,4,6-7,9-10,13,15-16H,3,5,8,11H2,1H3,(H,25,26,30). The van der Waals surface area contributed by atoms with E-state index in [-0.39, 0.29) is 35.6 Å². The first-order valence-corrected chi connectivity index (χ1v) is 10.6. The zero-order valence-electron chi connectivity index (χ0n) is 17.7. The van der Waals surface area contributed by atoms with Gasteiger partial charge < -0.3 is 10.2 Å². The van der Waals surface area contributed by atoms with Gasteiger partial charge >= 0.3 is 6.18 Å². The molecule has 2 bridgehead atoms. The van der Waals surface area contributed by atoms with Gasteiger partial charge in [0, 0.05) is 30.7 Å². The summed E-state index contributed by atoms with van der Waals surface area (Å²) in [4.78, 5) is 28.9. The van der Waals surface area contributed by atoms with E-state index in [1.54, 1.807) is 17.0 Å². The number of hydrogen-bond acceptors (Lipinski definition) is 7. The number of alkyl halides is 3. The van der Waals surface area contributed by atoms with Crippen molar-refractivity contribution >= 4 is 11.9 Å². The smallest absolute Gasteiger partial charge is 0.349 e. The Hall–Kier alpha value is -3.57. The first-order chi connectivity index (χ1) is 15.8. The molecule has 5 heterocycles. The second kappa shape index (κ2) is 8.09.